The van der Waals surface area contributed by atoms with Crippen molar-refractivity contribution >= 4 is 21.6 Å². The van der Waals surface area contributed by atoms with Gasteiger partial charge < -0.3 is 11.1 Å². The van der Waals surface area contributed by atoms with Crippen LogP contribution in [0.15, 0.2) is 41.3 Å². The van der Waals surface area contributed by atoms with Crippen molar-refractivity contribution in [2.75, 3.05) is 11.9 Å². The second-order valence-electron chi connectivity index (χ2n) is 6.49. The number of carbonyl (C=O) groups excluding carboxylic acids is 1. The topological polar surface area (TPSA) is 101 Å². The van der Waals surface area contributed by atoms with Crippen LogP contribution in [0.5, 0.6) is 0 Å². The van der Waals surface area contributed by atoms with Crippen LogP contribution in [0.3, 0.4) is 0 Å². The van der Waals surface area contributed by atoms with Crippen LogP contribution in [0.4, 0.5) is 5.69 Å². The average molecular weight is 349 g/mol. The van der Waals surface area contributed by atoms with E-state index in [0.29, 0.717) is 18.7 Å². The molecule has 0 saturated heterocycles. The van der Waals surface area contributed by atoms with Gasteiger partial charge in [0.2, 0.25) is 0 Å². The molecule has 0 spiro atoms. The lowest BCUT2D eigenvalue weighted by atomic mass is 10.1. The van der Waals surface area contributed by atoms with Gasteiger partial charge in [-0.05, 0) is 37.8 Å². The Bertz CT molecular complexity index is 760. The first-order valence-electron chi connectivity index (χ1n) is 8.29. The summed E-state index contributed by atoms with van der Waals surface area (Å²) in [5, 5.41) is 3.15. The molecule has 1 saturated carbocycles. The minimum absolute atomic E-state index is 0.0737. The molecule has 24 heavy (non-hydrogen) atoms. The number of benzene rings is 1. The van der Waals surface area contributed by atoms with Crippen LogP contribution in [0.2, 0.25) is 0 Å². The fourth-order valence-corrected chi connectivity index (χ4v) is 4.20. The SMILES string of the molecule is N[C@]12C[C@H]1/C=C\CCCCCNc1ccccc1S(=O)(=O)NC2=O. The summed E-state index contributed by atoms with van der Waals surface area (Å²) in [5.41, 5.74) is 5.46. The zero-order chi connectivity index (χ0) is 17.2. The molecule has 0 radical (unpaired) electrons. The van der Waals surface area contributed by atoms with E-state index >= 15 is 0 Å². The van der Waals surface area contributed by atoms with Crippen molar-refractivity contribution in [1.29, 1.82) is 0 Å². The molecule has 1 aliphatic heterocycles. The first-order valence-corrected chi connectivity index (χ1v) is 9.77. The van der Waals surface area contributed by atoms with E-state index in [1.165, 1.54) is 6.07 Å². The van der Waals surface area contributed by atoms with E-state index < -0.39 is 21.5 Å². The number of fused-ring (bicyclic) bond motifs is 2. The molecule has 3 rings (SSSR count). The first-order chi connectivity index (χ1) is 11.4. The molecular formula is C17H23N3O3S. The molecule has 6 nitrogen and oxygen atoms in total. The number of para-hydroxylation sites is 1. The summed E-state index contributed by atoms with van der Waals surface area (Å²) in [6.07, 6.45) is 8.49. The Balaban J connectivity index is 1.89. The van der Waals surface area contributed by atoms with Gasteiger partial charge in [-0.1, -0.05) is 30.7 Å². The fourth-order valence-electron chi connectivity index (χ4n) is 2.97. The lowest BCUT2D eigenvalue weighted by Crippen LogP contribution is -2.46. The van der Waals surface area contributed by atoms with Crippen molar-refractivity contribution in [1.82, 2.24) is 4.72 Å². The van der Waals surface area contributed by atoms with E-state index in [9.17, 15) is 13.2 Å². The van der Waals surface area contributed by atoms with Crippen molar-refractivity contribution in [3.8, 4) is 0 Å². The fraction of sp³-hybridized carbons (Fsp3) is 0.471. The van der Waals surface area contributed by atoms with Crippen LogP contribution in [-0.4, -0.2) is 26.4 Å². The summed E-state index contributed by atoms with van der Waals surface area (Å²) in [5.74, 6) is -0.729. The van der Waals surface area contributed by atoms with E-state index in [1.807, 2.05) is 12.2 Å². The van der Waals surface area contributed by atoms with Crippen molar-refractivity contribution in [3.63, 3.8) is 0 Å². The maximum Gasteiger partial charge on any atom is 0.266 e. The van der Waals surface area contributed by atoms with Gasteiger partial charge in [-0.2, -0.15) is 0 Å². The number of rotatable bonds is 0. The minimum atomic E-state index is -3.96. The lowest BCUT2D eigenvalue weighted by Gasteiger charge is -2.15. The normalized spacial score (nSPS) is 31.2. The number of hydrogen-bond acceptors (Lipinski definition) is 5. The molecule has 2 aliphatic rings. The number of allylic oxidation sites excluding steroid dienone is 1. The molecule has 1 amide bonds. The molecule has 1 heterocycles. The molecule has 4 N–H and O–H groups in total. The zero-order valence-corrected chi connectivity index (χ0v) is 14.3. The van der Waals surface area contributed by atoms with Crippen molar-refractivity contribution in [3.05, 3.63) is 36.4 Å². The van der Waals surface area contributed by atoms with Gasteiger partial charge in [-0.15, -0.1) is 0 Å². The van der Waals surface area contributed by atoms with Crippen molar-refractivity contribution in [2.24, 2.45) is 11.7 Å². The highest BCUT2D eigenvalue weighted by molar-refractivity contribution is 7.90. The van der Waals surface area contributed by atoms with Crippen LogP contribution >= 0.6 is 0 Å². The Morgan fingerprint density at radius 3 is 2.79 bits per heavy atom. The number of sulfonamides is 1. The highest BCUT2D eigenvalue weighted by Gasteiger charge is 2.56. The zero-order valence-electron chi connectivity index (χ0n) is 13.5. The third-order valence-corrected chi connectivity index (χ3v) is 6.01. The molecular weight excluding hydrogens is 326 g/mol. The van der Waals surface area contributed by atoms with Gasteiger partial charge >= 0.3 is 0 Å². The number of carbonyl (C=O) groups is 1. The van der Waals surface area contributed by atoms with Crippen LogP contribution in [0, 0.1) is 5.92 Å². The van der Waals surface area contributed by atoms with E-state index in [0.717, 1.165) is 25.7 Å². The smallest absolute Gasteiger partial charge is 0.266 e. The predicted molar refractivity (Wildman–Crippen MR) is 92.9 cm³/mol. The third kappa shape index (κ3) is 3.47. The Morgan fingerprint density at radius 1 is 1.17 bits per heavy atom. The van der Waals surface area contributed by atoms with Gasteiger partial charge in [0.15, 0.2) is 0 Å². The Hall–Kier alpha value is -1.86. The van der Waals surface area contributed by atoms with E-state index in [-0.39, 0.29) is 10.8 Å². The quantitative estimate of drug-likeness (QED) is 0.620. The van der Waals surface area contributed by atoms with Crippen LogP contribution in [0.1, 0.15) is 32.1 Å². The highest BCUT2D eigenvalue weighted by Crippen LogP contribution is 2.42. The van der Waals surface area contributed by atoms with Gasteiger partial charge in [0.1, 0.15) is 10.4 Å². The second kappa shape index (κ2) is 6.57. The standard InChI is InChI=1S/C17H23N3O3S/c18-17-12-13(17)8-4-2-1-3-7-11-19-14-9-5-6-10-15(14)24(22,23)20-16(17)21/h4-6,8-10,13,19H,1-3,7,11-12,18H2,(H,20,21)/b8-4-/t13-,17-/m1/s1. The van der Waals surface area contributed by atoms with Gasteiger partial charge in [0.25, 0.3) is 15.9 Å². The predicted octanol–water partition coefficient (Wildman–Crippen LogP) is 1.75. The maximum atomic E-state index is 12.6. The molecule has 0 unspecified atom stereocenters. The molecule has 130 valence electrons. The van der Waals surface area contributed by atoms with Gasteiger partial charge in [-0.25, -0.2) is 13.1 Å². The first kappa shape index (κ1) is 17.0. The number of amides is 1. The third-order valence-electron chi connectivity index (χ3n) is 4.62. The largest absolute Gasteiger partial charge is 0.384 e. The van der Waals surface area contributed by atoms with Crippen molar-refractivity contribution < 1.29 is 13.2 Å². The van der Waals surface area contributed by atoms with Gasteiger partial charge in [0, 0.05) is 12.5 Å². The Morgan fingerprint density at radius 2 is 1.96 bits per heavy atom. The molecule has 0 bridgehead atoms. The molecule has 1 aromatic rings. The summed E-state index contributed by atoms with van der Waals surface area (Å²) in [6, 6.07) is 6.60. The molecule has 7 heteroatoms. The number of anilines is 1. The van der Waals surface area contributed by atoms with E-state index in [2.05, 4.69) is 10.0 Å². The summed E-state index contributed by atoms with van der Waals surface area (Å²) in [7, 11) is -3.96. The van der Waals surface area contributed by atoms with Gasteiger partial charge in [-0.3, -0.25) is 4.79 Å². The molecule has 2 atom stereocenters. The Labute approximate surface area is 142 Å². The maximum absolute atomic E-state index is 12.6. The molecule has 1 aromatic carbocycles. The Kier molecular flexibility index (Phi) is 4.64. The van der Waals surface area contributed by atoms with Crippen LogP contribution in [0.25, 0.3) is 0 Å². The summed E-state index contributed by atoms with van der Waals surface area (Å²) >= 11 is 0. The minimum Gasteiger partial charge on any atom is -0.384 e. The van der Waals surface area contributed by atoms with Crippen LogP contribution < -0.4 is 15.8 Å². The lowest BCUT2D eigenvalue weighted by molar-refractivity contribution is -0.121. The monoisotopic (exact) mass is 349 g/mol. The second-order valence-corrected chi connectivity index (χ2v) is 8.14. The molecule has 1 fully saturated rings. The number of nitrogens with one attached hydrogen (secondary N) is 2. The molecule has 1 aliphatic carbocycles. The molecule has 0 aromatic heterocycles. The number of nitrogens with two attached hydrogens (primary N) is 1. The van der Waals surface area contributed by atoms with Gasteiger partial charge in [0.05, 0.1) is 5.69 Å². The summed E-state index contributed by atoms with van der Waals surface area (Å²) < 4.78 is 27.4. The van der Waals surface area contributed by atoms with Crippen LogP contribution in [-0.2, 0) is 14.8 Å². The van der Waals surface area contributed by atoms with Crippen molar-refractivity contribution in [2.45, 2.75) is 42.5 Å². The average Bonchev–Trinajstić information content (AvgIpc) is 3.21. The summed E-state index contributed by atoms with van der Waals surface area (Å²) in [4.78, 5) is 12.4. The number of hydrogen-bond donors (Lipinski definition) is 3. The summed E-state index contributed by atoms with van der Waals surface area (Å²) in [6.45, 7) is 0.688. The van der Waals surface area contributed by atoms with E-state index in [1.54, 1.807) is 18.2 Å². The van der Waals surface area contributed by atoms with E-state index in [4.69, 9.17) is 5.73 Å². The highest BCUT2D eigenvalue weighted by atomic mass is 32.2.